The van der Waals surface area contributed by atoms with E-state index in [0.717, 1.165) is 28.4 Å². The van der Waals surface area contributed by atoms with Crippen molar-refractivity contribution < 1.29 is 9.53 Å². The highest BCUT2D eigenvalue weighted by Crippen LogP contribution is 2.32. The second-order valence-electron chi connectivity index (χ2n) is 4.91. The Hall–Kier alpha value is -2.60. The Labute approximate surface area is 138 Å². The lowest BCUT2D eigenvalue weighted by atomic mass is 10.2. The first kappa shape index (κ1) is 15.3. The second-order valence-corrected chi connectivity index (χ2v) is 5.85. The highest BCUT2D eigenvalue weighted by molar-refractivity contribution is 7.13. The number of ether oxygens (including phenoxy) is 1. The molecular weight excluding hydrogens is 310 g/mol. The summed E-state index contributed by atoms with van der Waals surface area (Å²) in [5, 5.41) is 12.2. The lowest BCUT2D eigenvalue weighted by Gasteiger charge is -2.08. The number of carbonyl (C=O) groups is 1. The highest BCUT2D eigenvalue weighted by atomic mass is 32.1. The summed E-state index contributed by atoms with van der Waals surface area (Å²) in [6.07, 6.45) is 0.757. The number of para-hydroxylation sites is 1. The highest BCUT2D eigenvalue weighted by Gasteiger charge is 2.17. The van der Waals surface area contributed by atoms with Gasteiger partial charge in [0.05, 0.1) is 16.3 Å². The zero-order valence-corrected chi connectivity index (χ0v) is 13.5. The molecule has 0 radical (unpaired) electrons. The summed E-state index contributed by atoms with van der Waals surface area (Å²) in [5.74, 6) is 0.465. The number of nitrogens with one attached hydrogen (secondary N) is 2. The molecule has 0 fully saturated rings. The van der Waals surface area contributed by atoms with Crippen LogP contribution >= 0.6 is 11.3 Å². The van der Waals surface area contributed by atoms with Gasteiger partial charge < -0.3 is 10.1 Å². The molecule has 0 bridgehead atoms. The topological polar surface area (TPSA) is 67.0 Å². The predicted molar refractivity (Wildman–Crippen MR) is 91.8 cm³/mol. The standard InChI is InChI=1S/C17H17N3O2S/c1-2-13-16(17(20-19-13)14-9-6-10-23-14)18-15(21)11-22-12-7-4-3-5-8-12/h3-10H,2,11H2,1H3,(H,18,21)(H,19,20). The van der Waals surface area contributed by atoms with Crippen LogP contribution in [0.3, 0.4) is 0 Å². The summed E-state index contributed by atoms with van der Waals surface area (Å²) in [6.45, 7) is 1.98. The Morgan fingerprint density at radius 3 is 2.78 bits per heavy atom. The molecule has 0 aliphatic rings. The Balaban J connectivity index is 1.72. The van der Waals surface area contributed by atoms with Crippen LogP contribution in [0.15, 0.2) is 47.8 Å². The van der Waals surface area contributed by atoms with E-state index < -0.39 is 0 Å². The minimum atomic E-state index is -0.206. The maximum absolute atomic E-state index is 12.2. The molecule has 2 heterocycles. The molecule has 0 aliphatic carbocycles. The molecule has 118 valence electrons. The number of benzene rings is 1. The average Bonchev–Trinajstić information content (AvgIpc) is 3.23. The van der Waals surface area contributed by atoms with Crippen molar-refractivity contribution in [1.29, 1.82) is 0 Å². The number of aromatic amines is 1. The molecule has 0 saturated carbocycles. The Morgan fingerprint density at radius 2 is 2.09 bits per heavy atom. The van der Waals surface area contributed by atoms with Crippen molar-refractivity contribution in [2.75, 3.05) is 11.9 Å². The van der Waals surface area contributed by atoms with Crippen molar-refractivity contribution in [3.05, 3.63) is 53.5 Å². The van der Waals surface area contributed by atoms with E-state index in [4.69, 9.17) is 4.74 Å². The van der Waals surface area contributed by atoms with E-state index in [-0.39, 0.29) is 12.5 Å². The van der Waals surface area contributed by atoms with Crippen LogP contribution in [0.1, 0.15) is 12.6 Å². The van der Waals surface area contributed by atoms with Crippen molar-refractivity contribution in [3.63, 3.8) is 0 Å². The first-order valence-corrected chi connectivity index (χ1v) is 8.24. The third-order valence-corrected chi connectivity index (χ3v) is 4.20. The van der Waals surface area contributed by atoms with Gasteiger partial charge in [0.15, 0.2) is 6.61 Å². The summed E-state index contributed by atoms with van der Waals surface area (Å²) < 4.78 is 5.48. The largest absolute Gasteiger partial charge is 0.484 e. The number of amides is 1. The number of carbonyl (C=O) groups excluding carboxylic acids is 1. The predicted octanol–water partition coefficient (Wildman–Crippen LogP) is 3.72. The van der Waals surface area contributed by atoms with E-state index >= 15 is 0 Å². The molecule has 3 aromatic rings. The molecule has 0 saturated heterocycles. The van der Waals surface area contributed by atoms with Crippen LogP contribution < -0.4 is 10.1 Å². The molecule has 2 N–H and O–H groups in total. The van der Waals surface area contributed by atoms with Gasteiger partial charge in [0.1, 0.15) is 11.4 Å². The molecule has 0 aliphatic heterocycles. The number of H-pyrrole nitrogens is 1. The molecule has 3 rings (SSSR count). The SMILES string of the molecule is CCc1[nH]nc(-c2cccs2)c1NC(=O)COc1ccccc1. The molecule has 0 unspecified atom stereocenters. The number of anilines is 1. The van der Waals surface area contributed by atoms with Gasteiger partial charge in [0, 0.05) is 0 Å². The molecule has 5 nitrogen and oxygen atoms in total. The van der Waals surface area contributed by atoms with Gasteiger partial charge in [-0.3, -0.25) is 9.89 Å². The fourth-order valence-electron chi connectivity index (χ4n) is 2.20. The maximum Gasteiger partial charge on any atom is 0.262 e. The van der Waals surface area contributed by atoms with Crippen molar-refractivity contribution in [3.8, 4) is 16.3 Å². The second kappa shape index (κ2) is 7.11. The van der Waals surface area contributed by atoms with Crippen LogP contribution in [-0.2, 0) is 11.2 Å². The van der Waals surface area contributed by atoms with Gasteiger partial charge in [-0.2, -0.15) is 5.10 Å². The van der Waals surface area contributed by atoms with Crippen molar-refractivity contribution in [2.45, 2.75) is 13.3 Å². The van der Waals surface area contributed by atoms with Crippen molar-refractivity contribution >= 4 is 22.9 Å². The van der Waals surface area contributed by atoms with Crippen LogP contribution in [0.4, 0.5) is 5.69 Å². The fourth-order valence-corrected chi connectivity index (χ4v) is 2.92. The summed E-state index contributed by atoms with van der Waals surface area (Å²) in [5.41, 5.74) is 2.41. The summed E-state index contributed by atoms with van der Waals surface area (Å²) >= 11 is 1.59. The van der Waals surface area contributed by atoms with Gasteiger partial charge in [0.2, 0.25) is 0 Å². The van der Waals surface area contributed by atoms with Crippen LogP contribution in [0.25, 0.3) is 10.6 Å². The fraction of sp³-hybridized carbons (Fsp3) is 0.176. The van der Waals surface area contributed by atoms with E-state index in [1.165, 1.54) is 0 Å². The molecular formula is C17H17N3O2S. The zero-order valence-electron chi connectivity index (χ0n) is 12.7. The number of hydrogen-bond acceptors (Lipinski definition) is 4. The van der Waals surface area contributed by atoms with Gasteiger partial charge >= 0.3 is 0 Å². The first-order chi connectivity index (χ1) is 11.3. The Morgan fingerprint density at radius 1 is 1.26 bits per heavy atom. The van der Waals surface area contributed by atoms with Crippen molar-refractivity contribution in [2.24, 2.45) is 0 Å². The number of aromatic nitrogens is 2. The van der Waals surface area contributed by atoms with Crippen LogP contribution in [0, 0.1) is 0 Å². The molecule has 6 heteroatoms. The van der Waals surface area contributed by atoms with Crippen LogP contribution in [-0.4, -0.2) is 22.7 Å². The first-order valence-electron chi connectivity index (χ1n) is 7.36. The smallest absolute Gasteiger partial charge is 0.262 e. The average molecular weight is 327 g/mol. The van der Waals surface area contributed by atoms with Gasteiger partial charge in [-0.05, 0) is 30.0 Å². The van der Waals surface area contributed by atoms with Gasteiger partial charge in [0.25, 0.3) is 5.91 Å². The third kappa shape index (κ3) is 3.60. The third-order valence-electron chi connectivity index (χ3n) is 3.33. The van der Waals surface area contributed by atoms with Crippen molar-refractivity contribution in [1.82, 2.24) is 10.2 Å². The Kier molecular flexibility index (Phi) is 4.73. The monoisotopic (exact) mass is 327 g/mol. The van der Waals surface area contributed by atoms with E-state index in [1.54, 1.807) is 11.3 Å². The number of hydrogen-bond donors (Lipinski definition) is 2. The van der Waals surface area contributed by atoms with E-state index in [2.05, 4.69) is 15.5 Å². The lowest BCUT2D eigenvalue weighted by Crippen LogP contribution is -2.20. The Bertz CT molecular complexity index is 767. The number of rotatable bonds is 6. The van der Waals surface area contributed by atoms with Crippen LogP contribution in [0.5, 0.6) is 5.75 Å². The molecule has 2 aromatic heterocycles. The molecule has 23 heavy (non-hydrogen) atoms. The minimum absolute atomic E-state index is 0.0395. The minimum Gasteiger partial charge on any atom is -0.484 e. The number of thiophene rings is 1. The molecule has 1 amide bonds. The number of aryl methyl sites for hydroxylation is 1. The summed E-state index contributed by atoms with van der Waals surface area (Å²) in [4.78, 5) is 13.2. The van der Waals surface area contributed by atoms with Crippen LogP contribution in [0.2, 0.25) is 0 Å². The summed E-state index contributed by atoms with van der Waals surface area (Å²) in [6, 6.07) is 13.2. The zero-order chi connectivity index (χ0) is 16.1. The van der Waals surface area contributed by atoms with E-state index in [9.17, 15) is 4.79 Å². The lowest BCUT2D eigenvalue weighted by molar-refractivity contribution is -0.118. The quantitative estimate of drug-likeness (QED) is 0.725. The number of nitrogens with zero attached hydrogens (tertiary/aromatic N) is 1. The van der Waals surface area contributed by atoms with Gasteiger partial charge in [-0.1, -0.05) is 31.2 Å². The molecule has 1 aromatic carbocycles. The van der Waals surface area contributed by atoms with Gasteiger partial charge in [-0.15, -0.1) is 11.3 Å². The van der Waals surface area contributed by atoms with E-state index in [0.29, 0.717) is 5.75 Å². The molecule has 0 spiro atoms. The maximum atomic E-state index is 12.2. The summed E-state index contributed by atoms with van der Waals surface area (Å²) in [7, 11) is 0. The van der Waals surface area contributed by atoms with Gasteiger partial charge in [-0.25, -0.2) is 0 Å². The van der Waals surface area contributed by atoms with E-state index in [1.807, 2.05) is 54.8 Å². The normalized spacial score (nSPS) is 10.5. The molecule has 0 atom stereocenters.